The highest BCUT2D eigenvalue weighted by Crippen LogP contribution is 2.28. The fourth-order valence-corrected chi connectivity index (χ4v) is 2.74. The lowest BCUT2D eigenvalue weighted by Gasteiger charge is -2.04. The fraction of sp³-hybridized carbons (Fsp3) is 0.333. The van der Waals surface area contributed by atoms with Crippen LogP contribution in [-0.4, -0.2) is 6.04 Å². The van der Waals surface area contributed by atoms with Gasteiger partial charge in [0, 0.05) is 27.2 Å². The van der Waals surface area contributed by atoms with Crippen molar-refractivity contribution >= 4 is 33.0 Å². The van der Waals surface area contributed by atoms with Crippen LogP contribution < -0.4 is 5.32 Å². The number of nitrogens with one attached hydrogen (secondary N) is 1. The number of hydrogen-bond acceptors (Lipinski definition) is 2. The van der Waals surface area contributed by atoms with Crippen LogP contribution in [0.5, 0.6) is 0 Å². The summed E-state index contributed by atoms with van der Waals surface area (Å²) in [6.07, 6.45) is 0. The van der Waals surface area contributed by atoms with Gasteiger partial charge in [-0.2, -0.15) is 0 Å². The molecule has 80 valence electrons. The third-order valence-corrected chi connectivity index (χ3v) is 3.55. The summed E-state index contributed by atoms with van der Waals surface area (Å²) in [7, 11) is 0. The van der Waals surface area contributed by atoms with Crippen molar-refractivity contribution in [1.82, 2.24) is 5.32 Å². The Hall–Kier alpha value is -0.570. The number of thiophene rings is 1. The van der Waals surface area contributed by atoms with Gasteiger partial charge in [-0.1, -0.05) is 31.5 Å². The van der Waals surface area contributed by atoms with Crippen molar-refractivity contribution in [2.45, 2.75) is 26.4 Å². The number of halogens is 1. The Morgan fingerprint density at radius 3 is 2.87 bits per heavy atom. The second kappa shape index (κ2) is 4.52. The number of hydrogen-bond donors (Lipinski definition) is 1. The SMILES string of the molecule is CC(C)NCc1cc2ccc(Cl)cc2s1. The molecule has 1 N–H and O–H groups in total. The van der Waals surface area contributed by atoms with Gasteiger partial charge in [-0.25, -0.2) is 0 Å². The van der Waals surface area contributed by atoms with E-state index in [1.807, 2.05) is 12.1 Å². The maximum Gasteiger partial charge on any atom is 0.0420 e. The van der Waals surface area contributed by atoms with Crippen LogP contribution in [0.1, 0.15) is 18.7 Å². The molecule has 0 saturated carbocycles. The van der Waals surface area contributed by atoms with Crippen LogP contribution in [0, 0.1) is 0 Å². The zero-order valence-electron chi connectivity index (χ0n) is 8.88. The average molecular weight is 240 g/mol. The minimum absolute atomic E-state index is 0.527. The van der Waals surface area contributed by atoms with Crippen LogP contribution in [0.25, 0.3) is 10.1 Å². The van der Waals surface area contributed by atoms with Crippen LogP contribution in [0.4, 0.5) is 0 Å². The van der Waals surface area contributed by atoms with E-state index in [1.54, 1.807) is 11.3 Å². The Balaban J connectivity index is 2.23. The Morgan fingerprint density at radius 1 is 1.33 bits per heavy atom. The van der Waals surface area contributed by atoms with Gasteiger partial charge in [0.05, 0.1) is 0 Å². The average Bonchev–Trinajstić information content (AvgIpc) is 2.56. The van der Waals surface area contributed by atoms with Gasteiger partial charge < -0.3 is 5.32 Å². The highest BCUT2D eigenvalue weighted by Gasteiger charge is 2.02. The predicted octanol–water partition coefficient (Wildman–Crippen LogP) is 4.05. The molecule has 3 heteroatoms. The highest BCUT2D eigenvalue weighted by atomic mass is 35.5. The van der Waals surface area contributed by atoms with Gasteiger partial charge in [0.15, 0.2) is 0 Å². The van der Waals surface area contributed by atoms with Crippen molar-refractivity contribution in [3.8, 4) is 0 Å². The fourth-order valence-electron chi connectivity index (χ4n) is 1.45. The molecule has 1 aromatic heterocycles. The van der Waals surface area contributed by atoms with E-state index in [2.05, 4.69) is 31.3 Å². The van der Waals surface area contributed by atoms with Crippen molar-refractivity contribution in [2.24, 2.45) is 0 Å². The lowest BCUT2D eigenvalue weighted by molar-refractivity contribution is 0.593. The molecular weight excluding hydrogens is 226 g/mol. The standard InChI is InChI=1S/C12H14ClNS/c1-8(2)14-7-11-5-9-3-4-10(13)6-12(9)15-11/h3-6,8,14H,7H2,1-2H3. The molecule has 1 aromatic carbocycles. The van der Waals surface area contributed by atoms with Gasteiger partial charge in [0.1, 0.15) is 0 Å². The summed E-state index contributed by atoms with van der Waals surface area (Å²) in [5.41, 5.74) is 0. The van der Waals surface area contributed by atoms with Crippen LogP contribution in [0.2, 0.25) is 5.02 Å². The monoisotopic (exact) mass is 239 g/mol. The first-order chi connectivity index (χ1) is 7.15. The summed E-state index contributed by atoms with van der Waals surface area (Å²) in [4.78, 5) is 1.36. The first kappa shape index (κ1) is 10.9. The lowest BCUT2D eigenvalue weighted by Crippen LogP contribution is -2.21. The zero-order valence-corrected chi connectivity index (χ0v) is 10.5. The van der Waals surface area contributed by atoms with E-state index in [-0.39, 0.29) is 0 Å². The van der Waals surface area contributed by atoms with Crippen molar-refractivity contribution < 1.29 is 0 Å². The van der Waals surface area contributed by atoms with Crippen molar-refractivity contribution in [3.63, 3.8) is 0 Å². The molecule has 0 unspecified atom stereocenters. The second-order valence-electron chi connectivity index (χ2n) is 3.93. The minimum atomic E-state index is 0.527. The smallest absolute Gasteiger partial charge is 0.0420 e. The summed E-state index contributed by atoms with van der Waals surface area (Å²) in [6.45, 7) is 5.25. The maximum atomic E-state index is 5.95. The summed E-state index contributed by atoms with van der Waals surface area (Å²) in [5, 5.41) is 5.51. The van der Waals surface area contributed by atoms with Gasteiger partial charge in [-0.15, -0.1) is 11.3 Å². The third-order valence-electron chi connectivity index (χ3n) is 2.22. The lowest BCUT2D eigenvalue weighted by atomic mass is 10.2. The molecule has 0 radical (unpaired) electrons. The van der Waals surface area contributed by atoms with Gasteiger partial charge >= 0.3 is 0 Å². The van der Waals surface area contributed by atoms with E-state index in [0.717, 1.165) is 11.6 Å². The van der Waals surface area contributed by atoms with E-state index < -0.39 is 0 Å². The van der Waals surface area contributed by atoms with Crippen LogP contribution in [0.3, 0.4) is 0 Å². The maximum absolute atomic E-state index is 5.95. The van der Waals surface area contributed by atoms with Crippen LogP contribution in [0.15, 0.2) is 24.3 Å². The van der Waals surface area contributed by atoms with Crippen molar-refractivity contribution in [1.29, 1.82) is 0 Å². The van der Waals surface area contributed by atoms with Gasteiger partial charge in [-0.3, -0.25) is 0 Å². The summed E-state index contributed by atoms with van der Waals surface area (Å²) in [6, 6.07) is 8.80. The molecule has 0 atom stereocenters. The van der Waals surface area contributed by atoms with E-state index >= 15 is 0 Å². The molecule has 0 aliphatic rings. The van der Waals surface area contributed by atoms with Crippen LogP contribution in [-0.2, 0) is 6.54 Å². The topological polar surface area (TPSA) is 12.0 Å². The molecule has 15 heavy (non-hydrogen) atoms. The molecule has 0 aliphatic carbocycles. The minimum Gasteiger partial charge on any atom is -0.310 e. The second-order valence-corrected chi connectivity index (χ2v) is 5.54. The third kappa shape index (κ3) is 2.71. The molecule has 1 nitrogen and oxygen atoms in total. The Morgan fingerprint density at radius 2 is 2.13 bits per heavy atom. The Bertz CT molecular complexity index is 462. The Kier molecular flexibility index (Phi) is 3.29. The largest absolute Gasteiger partial charge is 0.310 e. The first-order valence-electron chi connectivity index (χ1n) is 5.06. The molecule has 0 amide bonds. The van der Waals surface area contributed by atoms with E-state index in [9.17, 15) is 0 Å². The van der Waals surface area contributed by atoms with Crippen LogP contribution >= 0.6 is 22.9 Å². The summed E-state index contributed by atoms with van der Waals surface area (Å²) in [5.74, 6) is 0. The first-order valence-corrected chi connectivity index (χ1v) is 6.26. The molecule has 2 aromatic rings. The summed E-state index contributed by atoms with van der Waals surface area (Å²) >= 11 is 7.75. The number of rotatable bonds is 3. The molecule has 0 bridgehead atoms. The molecule has 0 spiro atoms. The molecule has 0 fully saturated rings. The Labute approximate surface area is 99.1 Å². The predicted molar refractivity (Wildman–Crippen MR) is 68.8 cm³/mol. The quantitative estimate of drug-likeness (QED) is 0.852. The number of fused-ring (bicyclic) bond motifs is 1. The van der Waals surface area contributed by atoms with E-state index in [0.29, 0.717) is 6.04 Å². The van der Waals surface area contributed by atoms with Gasteiger partial charge in [0.2, 0.25) is 0 Å². The zero-order chi connectivity index (χ0) is 10.8. The van der Waals surface area contributed by atoms with Gasteiger partial charge in [-0.05, 0) is 23.6 Å². The van der Waals surface area contributed by atoms with E-state index in [4.69, 9.17) is 11.6 Å². The molecule has 0 aliphatic heterocycles. The van der Waals surface area contributed by atoms with E-state index in [1.165, 1.54) is 15.0 Å². The molecule has 0 saturated heterocycles. The van der Waals surface area contributed by atoms with Gasteiger partial charge in [0.25, 0.3) is 0 Å². The highest BCUT2D eigenvalue weighted by molar-refractivity contribution is 7.19. The molecule has 1 heterocycles. The molecule has 2 rings (SSSR count). The van der Waals surface area contributed by atoms with Crippen molar-refractivity contribution in [2.75, 3.05) is 0 Å². The number of benzene rings is 1. The molecular formula is C12H14ClNS. The van der Waals surface area contributed by atoms with Crippen molar-refractivity contribution in [3.05, 3.63) is 34.2 Å². The normalized spacial score (nSPS) is 11.5. The summed E-state index contributed by atoms with van der Waals surface area (Å²) < 4.78 is 1.27.